The van der Waals surface area contributed by atoms with Crippen LogP contribution in [0.3, 0.4) is 0 Å². The lowest BCUT2D eigenvalue weighted by molar-refractivity contribution is -0.226. The van der Waals surface area contributed by atoms with E-state index in [2.05, 4.69) is 61.5 Å². The van der Waals surface area contributed by atoms with Crippen molar-refractivity contribution in [1.29, 1.82) is 0 Å². The summed E-state index contributed by atoms with van der Waals surface area (Å²) in [4.78, 5) is 12.9. The fraction of sp³-hybridized carbons (Fsp3) is 0.900. The highest BCUT2D eigenvalue weighted by Crippen LogP contribution is 2.76. The average molecular weight is 425 g/mol. The van der Waals surface area contributed by atoms with Crippen molar-refractivity contribution in [3.05, 3.63) is 11.6 Å². The zero-order valence-corrected chi connectivity index (χ0v) is 21.8. The SMILES string of the molecule is CC1(C)C=C2CC[C@]3(C)C(CC[C@@H]4[C@@]5(C)CCC(=O)C(C)(C)[C@@H]5CC[C@]43C)[C@@]2(C)CC1. The first kappa shape index (κ1) is 22.2. The van der Waals surface area contributed by atoms with E-state index in [4.69, 9.17) is 0 Å². The minimum Gasteiger partial charge on any atom is -0.299 e. The first-order valence-electron chi connectivity index (χ1n) is 13.5. The van der Waals surface area contributed by atoms with Crippen molar-refractivity contribution in [2.24, 2.45) is 50.2 Å². The molecule has 0 radical (unpaired) electrons. The van der Waals surface area contributed by atoms with Crippen LogP contribution in [-0.4, -0.2) is 5.78 Å². The van der Waals surface area contributed by atoms with E-state index in [0.717, 1.165) is 24.7 Å². The lowest BCUT2D eigenvalue weighted by atomic mass is 9.31. The molecule has 0 aliphatic heterocycles. The zero-order chi connectivity index (χ0) is 22.7. The number of ketones is 1. The number of allylic oxidation sites excluding steroid dienone is 2. The second-order valence-electron chi connectivity index (χ2n) is 14.8. The highest BCUT2D eigenvalue weighted by Gasteiger charge is 2.69. The Morgan fingerprint density at radius 3 is 2.03 bits per heavy atom. The summed E-state index contributed by atoms with van der Waals surface area (Å²) in [6, 6.07) is 0. The number of carbonyl (C=O) groups excluding carboxylic acids is 1. The first-order valence-corrected chi connectivity index (χ1v) is 13.5. The molecular weight excluding hydrogens is 376 g/mol. The van der Waals surface area contributed by atoms with Gasteiger partial charge in [-0.3, -0.25) is 4.79 Å². The molecule has 7 atom stereocenters. The topological polar surface area (TPSA) is 17.1 Å². The maximum atomic E-state index is 12.9. The van der Waals surface area contributed by atoms with Crippen LogP contribution in [0.4, 0.5) is 0 Å². The van der Waals surface area contributed by atoms with E-state index in [9.17, 15) is 4.79 Å². The van der Waals surface area contributed by atoms with Crippen molar-refractivity contribution in [3.63, 3.8) is 0 Å². The van der Waals surface area contributed by atoms with Crippen LogP contribution in [0, 0.1) is 50.2 Å². The van der Waals surface area contributed by atoms with Gasteiger partial charge < -0.3 is 0 Å². The molecule has 0 bridgehead atoms. The Morgan fingerprint density at radius 2 is 1.32 bits per heavy atom. The maximum Gasteiger partial charge on any atom is 0.138 e. The van der Waals surface area contributed by atoms with Gasteiger partial charge in [0.05, 0.1) is 0 Å². The van der Waals surface area contributed by atoms with E-state index < -0.39 is 0 Å². The molecule has 4 saturated carbocycles. The van der Waals surface area contributed by atoms with E-state index in [1.54, 1.807) is 5.57 Å². The number of hydrogen-bond acceptors (Lipinski definition) is 1. The summed E-state index contributed by atoms with van der Waals surface area (Å²) in [7, 11) is 0. The molecule has 1 unspecified atom stereocenters. The molecule has 31 heavy (non-hydrogen) atoms. The molecule has 0 aromatic rings. The molecule has 1 nitrogen and oxygen atoms in total. The molecule has 174 valence electrons. The van der Waals surface area contributed by atoms with Crippen LogP contribution in [-0.2, 0) is 4.79 Å². The minimum atomic E-state index is -0.129. The number of Topliss-reactive ketones (excluding diaryl/α,β-unsaturated/α-hetero) is 1. The van der Waals surface area contributed by atoms with Crippen LogP contribution in [0.1, 0.15) is 120 Å². The molecule has 0 heterocycles. The van der Waals surface area contributed by atoms with E-state index in [-0.39, 0.29) is 5.41 Å². The second-order valence-corrected chi connectivity index (χ2v) is 14.8. The predicted octanol–water partition coefficient (Wildman–Crippen LogP) is 8.38. The summed E-state index contributed by atoms with van der Waals surface area (Å²) in [6.45, 7) is 20.1. The summed E-state index contributed by atoms with van der Waals surface area (Å²) in [5.74, 6) is 2.71. The Hall–Kier alpha value is -0.590. The Labute approximate surface area is 192 Å². The van der Waals surface area contributed by atoms with E-state index in [1.165, 1.54) is 51.4 Å². The van der Waals surface area contributed by atoms with E-state index in [1.807, 2.05) is 0 Å². The standard InChI is InChI=1S/C30H48O/c1-25(2)17-18-27(5)20(19-25)11-15-29(7)22(27)9-10-23-28(6)14-13-24(31)26(3,4)21(28)12-16-30(23,29)8/h19,21-23H,9-18H2,1-8H3/t21-,22?,23+,27-,28-,29+,30+/m0/s1. The zero-order valence-electron chi connectivity index (χ0n) is 21.8. The van der Waals surface area contributed by atoms with Gasteiger partial charge in [-0.05, 0) is 103 Å². The van der Waals surface area contributed by atoms with Gasteiger partial charge in [0.15, 0.2) is 0 Å². The smallest absolute Gasteiger partial charge is 0.138 e. The quantitative estimate of drug-likeness (QED) is 0.357. The summed E-state index contributed by atoms with van der Waals surface area (Å²) in [6.07, 6.45) is 15.5. The van der Waals surface area contributed by atoms with Gasteiger partial charge in [0.1, 0.15) is 5.78 Å². The number of hydrogen-bond donors (Lipinski definition) is 0. The van der Waals surface area contributed by atoms with Gasteiger partial charge in [-0.15, -0.1) is 0 Å². The molecule has 5 aliphatic carbocycles. The van der Waals surface area contributed by atoms with Crippen molar-refractivity contribution in [1.82, 2.24) is 0 Å². The lowest BCUT2D eigenvalue weighted by Gasteiger charge is -2.73. The fourth-order valence-electron chi connectivity index (χ4n) is 10.8. The number of carbonyl (C=O) groups is 1. The van der Waals surface area contributed by atoms with Crippen LogP contribution >= 0.6 is 0 Å². The van der Waals surface area contributed by atoms with Crippen LogP contribution in [0.2, 0.25) is 0 Å². The van der Waals surface area contributed by atoms with Gasteiger partial charge in [-0.2, -0.15) is 0 Å². The van der Waals surface area contributed by atoms with Gasteiger partial charge >= 0.3 is 0 Å². The summed E-state index contributed by atoms with van der Waals surface area (Å²) >= 11 is 0. The first-order chi connectivity index (χ1) is 14.2. The van der Waals surface area contributed by atoms with Gasteiger partial charge in [0.2, 0.25) is 0 Å². The van der Waals surface area contributed by atoms with Crippen LogP contribution in [0.15, 0.2) is 11.6 Å². The molecular formula is C30H48O. The third kappa shape index (κ3) is 2.64. The van der Waals surface area contributed by atoms with Crippen LogP contribution in [0.5, 0.6) is 0 Å². The highest BCUT2D eigenvalue weighted by molar-refractivity contribution is 5.85. The van der Waals surface area contributed by atoms with E-state index >= 15 is 0 Å². The lowest BCUT2D eigenvalue weighted by Crippen LogP contribution is -2.66. The Morgan fingerprint density at radius 1 is 0.677 bits per heavy atom. The third-order valence-corrected chi connectivity index (χ3v) is 12.9. The molecule has 0 saturated heterocycles. The largest absolute Gasteiger partial charge is 0.299 e. The maximum absolute atomic E-state index is 12.9. The fourth-order valence-corrected chi connectivity index (χ4v) is 10.8. The Balaban J connectivity index is 1.55. The van der Waals surface area contributed by atoms with Crippen molar-refractivity contribution in [3.8, 4) is 0 Å². The molecule has 5 aliphatic rings. The number of fused-ring (bicyclic) bond motifs is 7. The third-order valence-electron chi connectivity index (χ3n) is 12.9. The number of rotatable bonds is 0. The molecule has 0 N–H and O–H groups in total. The van der Waals surface area contributed by atoms with Crippen LogP contribution in [0.25, 0.3) is 0 Å². The van der Waals surface area contributed by atoms with Crippen LogP contribution < -0.4 is 0 Å². The molecule has 0 aromatic carbocycles. The van der Waals surface area contributed by atoms with E-state index in [0.29, 0.717) is 38.8 Å². The molecule has 0 aromatic heterocycles. The predicted molar refractivity (Wildman–Crippen MR) is 130 cm³/mol. The minimum absolute atomic E-state index is 0.129. The van der Waals surface area contributed by atoms with Gasteiger partial charge in [0, 0.05) is 11.8 Å². The average Bonchev–Trinajstić information content (AvgIpc) is 2.67. The Bertz CT molecular complexity index is 831. The summed E-state index contributed by atoms with van der Waals surface area (Å²) in [5.41, 5.74) is 3.66. The monoisotopic (exact) mass is 424 g/mol. The van der Waals surface area contributed by atoms with Crippen molar-refractivity contribution in [2.45, 2.75) is 120 Å². The molecule has 5 rings (SSSR count). The van der Waals surface area contributed by atoms with Gasteiger partial charge in [-0.25, -0.2) is 0 Å². The van der Waals surface area contributed by atoms with Crippen molar-refractivity contribution < 1.29 is 4.79 Å². The summed E-state index contributed by atoms with van der Waals surface area (Å²) < 4.78 is 0. The summed E-state index contributed by atoms with van der Waals surface area (Å²) in [5, 5.41) is 0. The van der Waals surface area contributed by atoms with Gasteiger partial charge in [-0.1, -0.05) is 67.0 Å². The van der Waals surface area contributed by atoms with Crippen molar-refractivity contribution in [2.75, 3.05) is 0 Å². The Kier molecular flexibility index (Phi) is 4.51. The normalized spacial score (nSPS) is 52.8. The molecule has 0 spiro atoms. The molecule has 4 fully saturated rings. The molecule has 1 heteroatoms. The highest BCUT2D eigenvalue weighted by atomic mass is 16.1. The van der Waals surface area contributed by atoms with Crippen molar-refractivity contribution >= 4 is 5.78 Å². The second kappa shape index (κ2) is 6.29. The van der Waals surface area contributed by atoms with Gasteiger partial charge in [0.25, 0.3) is 0 Å². The molecule has 0 amide bonds.